The van der Waals surface area contributed by atoms with Gasteiger partial charge in [0.05, 0.1) is 6.04 Å². The first-order valence-corrected chi connectivity index (χ1v) is 5.64. The molecule has 1 aromatic heterocycles. The third-order valence-electron chi connectivity index (χ3n) is 2.85. The summed E-state index contributed by atoms with van der Waals surface area (Å²) in [5, 5.41) is 3.94. The van der Waals surface area contributed by atoms with E-state index in [1.165, 1.54) is 23.1 Å². The molecule has 1 aromatic carbocycles. The van der Waals surface area contributed by atoms with Crippen LogP contribution in [0.3, 0.4) is 0 Å². The topological polar surface area (TPSA) is 56.7 Å². The zero-order valence-electron chi connectivity index (χ0n) is 10.2. The minimum atomic E-state index is -0.965. The summed E-state index contributed by atoms with van der Waals surface area (Å²) in [5.41, 5.74) is 6.09. The Morgan fingerprint density at radius 3 is 2.78 bits per heavy atom. The molecule has 1 unspecified atom stereocenters. The molecule has 0 saturated carbocycles. The largest absolute Gasteiger partial charge is 0.317 e. The van der Waals surface area contributed by atoms with Gasteiger partial charge in [-0.05, 0) is 25.5 Å². The van der Waals surface area contributed by atoms with E-state index in [1.807, 2.05) is 6.92 Å². The zero-order chi connectivity index (χ0) is 13.3. The van der Waals surface area contributed by atoms with Crippen LogP contribution in [0.15, 0.2) is 18.5 Å². The maximum Gasteiger partial charge on any atom is 0.148 e. The molecule has 2 aromatic rings. The Balaban J connectivity index is 2.52. The van der Waals surface area contributed by atoms with Gasteiger partial charge >= 0.3 is 0 Å². The average Bonchev–Trinajstić information content (AvgIpc) is 2.82. The molecule has 0 radical (unpaired) electrons. The Labute approximate surface area is 103 Å². The summed E-state index contributed by atoms with van der Waals surface area (Å²) in [5.74, 6) is -0.953. The van der Waals surface area contributed by atoms with Gasteiger partial charge in [0, 0.05) is 12.1 Å². The maximum atomic E-state index is 14.0. The Morgan fingerprint density at radius 2 is 2.11 bits per heavy atom. The molecule has 0 aliphatic carbocycles. The molecule has 4 nitrogen and oxygen atoms in total. The first-order valence-electron chi connectivity index (χ1n) is 5.64. The number of aromatic nitrogens is 3. The van der Waals surface area contributed by atoms with Crippen LogP contribution < -0.4 is 5.73 Å². The number of halogens is 2. The number of nitrogens with two attached hydrogens (primary N) is 1. The van der Waals surface area contributed by atoms with Crippen LogP contribution in [0, 0.1) is 18.6 Å². The fourth-order valence-corrected chi connectivity index (χ4v) is 1.85. The Hall–Kier alpha value is -1.82. The molecule has 0 spiro atoms. The van der Waals surface area contributed by atoms with Crippen molar-refractivity contribution in [2.75, 3.05) is 0 Å². The van der Waals surface area contributed by atoms with Crippen molar-refractivity contribution >= 4 is 0 Å². The monoisotopic (exact) mass is 252 g/mol. The predicted molar refractivity (Wildman–Crippen MR) is 62.8 cm³/mol. The highest BCUT2D eigenvalue weighted by Gasteiger charge is 2.23. The van der Waals surface area contributed by atoms with Gasteiger partial charge in [-0.15, -0.1) is 0 Å². The fourth-order valence-electron chi connectivity index (χ4n) is 1.85. The Kier molecular flexibility index (Phi) is 3.38. The van der Waals surface area contributed by atoms with Gasteiger partial charge in [0.15, 0.2) is 0 Å². The van der Waals surface area contributed by atoms with Crippen LogP contribution in [0.4, 0.5) is 8.78 Å². The van der Waals surface area contributed by atoms with Crippen LogP contribution in [-0.4, -0.2) is 14.8 Å². The van der Waals surface area contributed by atoms with Crippen molar-refractivity contribution in [1.82, 2.24) is 14.8 Å². The van der Waals surface area contributed by atoms with Gasteiger partial charge in [-0.3, -0.25) is 0 Å². The molecular weight excluding hydrogens is 238 g/mol. The van der Waals surface area contributed by atoms with Crippen LogP contribution in [0.2, 0.25) is 0 Å². The Morgan fingerprint density at radius 1 is 1.39 bits per heavy atom. The molecule has 0 fully saturated rings. The van der Waals surface area contributed by atoms with Crippen molar-refractivity contribution in [3.63, 3.8) is 0 Å². The molecule has 2 N–H and O–H groups in total. The molecule has 2 rings (SSSR count). The second-order valence-corrected chi connectivity index (χ2v) is 4.00. The van der Waals surface area contributed by atoms with Crippen LogP contribution in [-0.2, 0) is 6.54 Å². The van der Waals surface area contributed by atoms with Crippen molar-refractivity contribution in [3.05, 3.63) is 47.0 Å². The lowest BCUT2D eigenvalue weighted by molar-refractivity contribution is 0.516. The number of aryl methyl sites for hydroxylation is 2. The summed E-state index contributed by atoms with van der Waals surface area (Å²) in [7, 11) is 0. The minimum Gasteiger partial charge on any atom is -0.317 e. The highest BCUT2D eigenvalue weighted by Crippen LogP contribution is 2.25. The molecule has 96 valence electrons. The van der Waals surface area contributed by atoms with E-state index in [0.717, 1.165) is 0 Å². The molecule has 1 heterocycles. The normalized spacial score (nSPS) is 12.7. The molecular formula is C12H14F2N4. The fraction of sp³-hybridized carbons (Fsp3) is 0.333. The lowest BCUT2D eigenvalue weighted by atomic mass is 10.0. The van der Waals surface area contributed by atoms with Gasteiger partial charge in [-0.1, -0.05) is 6.07 Å². The van der Waals surface area contributed by atoms with Crippen molar-refractivity contribution in [1.29, 1.82) is 0 Å². The van der Waals surface area contributed by atoms with Crippen LogP contribution >= 0.6 is 0 Å². The quantitative estimate of drug-likeness (QED) is 0.908. The van der Waals surface area contributed by atoms with Crippen molar-refractivity contribution in [3.8, 4) is 0 Å². The van der Waals surface area contributed by atoms with Gasteiger partial charge in [0.25, 0.3) is 0 Å². The average molecular weight is 252 g/mol. The van der Waals surface area contributed by atoms with Gasteiger partial charge in [0.2, 0.25) is 0 Å². The van der Waals surface area contributed by atoms with Crippen LogP contribution in [0.1, 0.15) is 29.9 Å². The molecule has 6 heteroatoms. The number of benzene rings is 1. The summed E-state index contributed by atoms with van der Waals surface area (Å²) in [4.78, 5) is 3.97. The third kappa shape index (κ3) is 1.99. The van der Waals surface area contributed by atoms with E-state index in [1.54, 1.807) is 6.92 Å². The molecule has 18 heavy (non-hydrogen) atoms. The minimum absolute atomic E-state index is 0.169. The number of nitrogens with zero attached hydrogens (tertiary/aromatic N) is 3. The number of hydrogen-bond donors (Lipinski definition) is 1. The predicted octanol–water partition coefficient (Wildman–Crippen LogP) is 1.93. The van der Waals surface area contributed by atoms with E-state index in [4.69, 9.17) is 5.73 Å². The van der Waals surface area contributed by atoms with Gasteiger partial charge in [0.1, 0.15) is 23.8 Å². The van der Waals surface area contributed by atoms with E-state index in [-0.39, 0.29) is 5.56 Å². The summed E-state index contributed by atoms with van der Waals surface area (Å²) >= 11 is 0. The summed E-state index contributed by atoms with van der Waals surface area (Å²) in [6.07, 6.45) is 1.32. The van der Waals surface area contributed by atoms with E-state index in [9.17, 15) is 8.78 Å². The molecule has 1 atom stereocenters. The van der Waals surface area contributed by atoms with Crippen molar-refractivity contribution < 1.29 is 8.78 Å². The van der Waals surface area contributed by atoms with Crippen LogP contribution in [0.25, 0.3) is 0 Å². The molecule has 0 bridgehead atoms. The van der Waals surface area contributed by atoms with Crippen molar-refractivity contribution in [2.45, 2.75) is 26.4 Å². The van der Waals surface area contributed by atoms with Gasteiger partial charge < -0.3 is 5.73 Å². The summed E-state index contributed by atoms with van der Waals surface area (Å²) < 4.78 is 29.2. The molecule has 0 aliphatic rings. The second kappa shape index (κ2) is 4.81. The third-order valence-corrected chi connectivity index (χ3v) is 2.85. The lowest BCUT2D eigenvalue weighted by Crippen LogP contribution is -2.21. The van der Waals surface area contributed by atoms with Gasteiger partial charge in [-0.25, -0.2) is 18.4 Å². The lowest BCUT2D eigenvalue weighted by Gasteiger charge is -2.15. The molecule has 0 saturated heterocycles. The molecule has 0 amide bonds. The van der Waals surface area contributed by atoms with Gasteiger partial charge in [-0.2, -0.15) is 5.10 Å². The number of hydrogen-bond acceptors (Lipinski definition) is 3. The summed E-state index contributed by atoms with van der Waals surface area (Å²) in [6.45, 7) is 3.96. The SMILES string of the molecule is CCn1ncnc1C(N)c1c(F)ccc(C)c1F. The van der Waals surface area contributed by atoms with Crippen LogP contribution in [0.5, 0.6) is 0 Å². The van der Waals surface area contributed by atoms with Crippen molar-refractivity contribution in [2.24, 2.45) is 5.73 Å². The first kappa shape index (κ1) is 12.6. The van der Waals surface area contributed by atoms with E-state index >= 15 is 0 Å². The van der Waals surface area contributed by atoms with E-state index in [2.05, 4.69) is 10.1 Å². The molecule has 0 aliphatic heterocycles. The first-order chi connectivity index (χ1) is 8.56. The van der Waals surface area contributed by atoms with E-state index < -0.39 is 17.7 Å². The highest BCUT2D eigenvalue weighted by atomic mass is 19.1. The zero-order valence-corrected chi connectivity index (χ0v) is 10.2. The smallest absolute Gasteiger partial charge is 0.148 e. The second-order valence-electron chi connectivity index (χ2n) is 4.00. The Bertz CT molecular complexity index is 565. The summed E-state index contributed by atoms with van der Waals surface area (Å²) in [6, 6.07) is 1.62. The van der Waals surface area contributed by atoms with E-state index in [0.29, 0.717) is 17.9 Å². The number of rotatable bonds is 3. The maximum absolute atomic E-state index is 14.0. The highest BCUT2D eigenvalue weighted by molar-refractivity contribution is 5.32. The standard InChI is InChI=1S/C12H14F2N4/c1-3-18-12(16-6-17-18)11(15)9-8(13)5-4-7(2)10(9)14/h4-6,11H,3,15H2,1-2H3.